The lowest BCUT2D eigenvalue weighted by Crippen LogP contribution is -2.02. The molecule has 2 N–H and O–H groups in total. The van der Waals surface area contributed by atoms with Crippen LogP contribution in [0.25, 0.3) is 0 Å². The number of phenols is 1. The first-order valence-electron chi connectivity index (χ1n) is 6.62. The number of aromatic amines is 1. The summed E-state index contributed by atoms with van der Waals surface area (Å²) in [6, 6.07) is 2.34. The lowest BCUT2D eigenvalue weighted by molar-refractivity contribution is -0.385. The highest BCUT2D eigenvalue weighted by atomic mass is 32.1. The van der Waals surface area contributed by atoms with Crippen molar-refractivity contribution >= 4 is 24.1 Å². The highest BCUT2D eigenvalue weighted by molar-refractivity contribution is 7.71. The quantitative estimate of drug-likeness (QED) is 0.374. The highest BCUT2D eigenvalue weighted by Gasteiger charge is 2.18. The fourth-order valence-corrected chi connectivity index (χ4v) is 2.09. The van der Waals surface area contributed by atoms with Crippen LogP contribution >= 0.6 is 12.2 Å². The smallest absolute Gasteiger partial charge is 0.282 e. The van der Waals surface area contributed by atoms with Crippen LogP contribution in [-0.2, 0) is 0 Å². The Morgan fingerprint density at radius 1 is 1.57 bits per heavy atom. The van der Waals surface area contributed by atoms with Crippen molar-refractivity contribution < 1.29 is 14.8 Å². The summed E-state index contributed by atoms with van der Waals surface area (Å²) in [7, 11) is 1.31. The van der Waals surface area contributed by atoms with Crippen LogP contribution in [0.4, 0.5) is 5.69 Å². The first-order chi connectivity index (χ1) is 10.8. The Kier molecular flexibility index (Phi) is 4.74. The molecule has 0 atom stereocenters. The van der Waals surface area contributed by atoms with Gasteiger partial charge in [-0.25, -0.2) is 0 Å². The Bertz CT molecular complexity index is 824. The van der Waals surface area contributed by atoms with E-state index in [2.05, 4.69) is 15.3 Å². The number of hydrogen-bond acceptors (Lipinski definition) is 7. The van der Waals surface area contributed by atoms with E-state index in [1.54, 1.807) is 0 Å². The average Bonchev–Trinajstić information content (AvgIpc) is 2.86. The number of methoxy groups -OCH3 is 1. The molecule has 2 aromatic rings. The predicted octanol–water partition coefficient (Wildman–Crippen LogP) is 2.57. The van der Waals surface area contributed by atoms with Crippen LogP contribution in [0.3, 0.4) is 0 Å². The van der Waals surface area contributed by atoms with Crippen molar-refractivity contribution in [2.24, 2.45) is 5.10 Å². The van der Waals surface area contributed by atoms with Crippen LogP contribution in [0, 0.1) is 14.9 Å². The van der Waals surface area contributed by atoms with Gasteiger partial charge in [-0.15, -0.1) is 0 Å². The van der Waals surface area contributed by atoms with Crippen molar-refractivity contribution in [3.8, 4) is 11.5 Å². The molecule has 2 rings (SSSR count). The number of nitro groups is 1. The first kappa shape index (κ1) is 16.6. The summed E-state index contributed by atoms with van der Waals surface area (Å²) in [5.74, 6) is 0.432. The highest BCUT2D eigenvalue weighted by Crippen LogP contribution is 2.32. The molecule has 0 spiro atoms. The SMILES string of the molecule is COc1cc([N+](=O)[O-])c(/C=N\n2c(C(C)C)n[nH]c2=S)cc1O. The second-order valence-electron chi connectivity index (χ2n) is 4.94. The van der Waals surface area contributed by atoms with Gasteiger partial charge in [-0.3, -0.25) is 15.2 Å². The van der Waals surface area contributed by atoms with Gasteiger partial charge in [0.1, 0.15) is 0 Å². The molecule has 1 aromatic carbocycles. The molecule has 10 heteroatoms. The van der Waals surface area contributed by atoms with Crippen molar-refractivity contribution in [2.45, 2.75) is 19.8 Å². The van der Waals surface area contributed by atoms with E-state index >= 15 is 0 Å². The number of benzene rings is 1. The largest absolute Gasteiger partial charge is 0.504 e. The topological polar surface area (TPSA) is 119 Å². The second kappa shape index (κ2) is 6.57. The van der Waals surface area contributed by atoms with Gasteiger partial charge in [-0.2, -0.15) is 14.9 Å². The van der Waals surface area contributed by atoms with Crippen LogP contribution in [0.1, 0.15) is 31.2 Å². The molecule has 9 nitrogen and oxygen atoms in total. The van der Waals surface area contributed by atoms with E-state index in [9.17, 15) is 15.2 Å². The summed E-state index contributed by atoms with van der Waals surface area (Å²) >= 11 is 5.09. The molecule has 0 radical (unpaired) electrons. The fourth-order valence-electron chi connectivity index (χ4n) is 1.91. The third-order valence-corrected chi connectivity index (χ3v) is 3.29. The molecule has 1 aromatic heterocycles. The molecule has 0 aliphatic heterocycles. The van der Waals surface area contributed by atoms with Gasteiger partial charge in [0.05, 0.1) is 29.9 Å². The van der Waals surface area contributed by atoms with Crippen LogP contribution in [0.5, 0.6) is 11.5 Å². The van der Waals surface area contributed by atoms with Crippen molar-refractivity contribution in [3.63, 3.8) is 0 Å². The molecule has 23 heavy (non-hydrogen) atoms. The van der Waals surface area contributed by atoms with Gasteiger partial charge >= 0.3 is 0 Å². The Hall–Kier alpha value is -2.75. The number of hydrogen-bond donors (Lipinski definition) is 2. The lowest BCUT2D eigenvalue weighted by Gasteiger charge is -2.06. The third-order valence-electron chi connectivity index (χ3n) is 3.03. The van der Waals surface area contributed by atoms with Gasteiger partial charge in [0.25, 0.3) is 5.69 Å². The van der Waals surface area contributed by atoms with Crippen LogP contribution in [0.15, 0.2) is 17.2 Å². The van der Waals surface area contributed by atoms with E-state index in [-0.39, 0.29) is 33.4 Å². The summed E-state index contributed by atoms with van der Waals surface area (Å²) in [5.41, 5.74) is -0.129. The minimum Gasteiger partial charge on any atom is -0.504 e. The molecule has 1 heterocycles. The number of nitrogens with one attached hydrogen (secondary N) is 1. The summed E-state index contributed by atoms with van der Waals surface area (Å²) in [6.07, 6.45) is 1.24. The molecule has 0 aliphatic rings. The van der Waals surface area contributed by atoms with Gasteiger partial charge < -0.3 is 9.84 Å². The fraction of sp³-hybridized carbons (Fsp3) is 0.308. The number of ether oxygens (including phenoxy) is 1. The third kappa shape index (κ3) is 3.37. The zero-order valence-electron chi connectivity index (χ0n) is 12.7. The van der Waals surface area contributed by atoms with E-state index in [0.29, 0.717) is 5.82 Å². The van der Waals surface area contributed by atoms with Crippen LogP contribution in [0.2, 0.25) is 0 Å². The first-order valence-corrected chi connectivity index (χ1v) is 7.03. The maximum absolute atomic E-state index is 11.2. The number of aromatic nitrogens is 3. The number of H-pyrrole nitrogens is 1. The van der Waals surface area contributed by atoms with Gasteiger partial charge in [0.15, 0.2) is 17.3 Å². The minimum absolute atomic E-state index is 0.0108. The zero-order valence-corrected chi connectivity index (χ0v) is 13.5. The van der Waals surface area contributed by atoms with Gasteiger partial charge in [-0.05, 0) is 18.3 Å². The molecule has 0 amide bonds. The van der Waals surface area contributed by atoms with Crippen molar-refractivity contribution in [1.82, 2.24) is 14.9 Å². The Morgan fingerprint density at radius 2 is 2.26 bits per heavy atom. The summed E-state index contributed by atoms with van der Waals surface area (Å²) in [6.45, 7) is 3.83. The lowest BCUT2D eigenvalue weighted by atomic mass is 10.1. The van der Waals surface area contributed by atoms with E-state index in [1.807, 2.05) is 13.8 Å². The van der Waals surface area contributed by atoms with E-state index in [0.717, 1.165) is 6.07 Å². The average molecular weight is 337 g/mol. The normalized spacial score (nSPS) is 11.3. The van der Waals surface area contributed by atoms with Gasteiger partial charge in [0.2, 0.25) is 4.77 Å². The Morgan fingerprint density at radius 3 is 2.83 bits per heavy atom. The molecule has 122 valence electrons. The summed E-state index contributed by atoms with van der Waals surface area (Å²) in [5, 5.41) is 31.8. The van der Waals surface area contributed by atoms with E-state index in [4.69, 9.17) is 17.0 Å². The number of phenolic OH excluding ortho intramolecular Hbond substituents is 1. The number of nitrogens with zero attached hydrogens (tertiary/aromatic N) is 4. The molecular formula is C13H15N5O4S. The molecule has 0 fully saturated rings. The Balaban J connectivity index is 2.52. The van der Waals surface area contributed by atoms with Gasteiger partial charge in [-0.1, -0.05) is 13.8 Å². The van der Waals surface area contributed by atoms with Crippen molar-refractivity contribution in [2.75, 3.05) is 7.11 Å². The molecule has 0 saturated carbocycles. The molecule has 0 aliphatic carbocycles. The standard InChI is InChI=1S/C13H15N5O4S/c1-7(2)12-15-16-13(23)17(12)14-6-8-4-10(19)11(22-3)5-9(8)18(20)21/h4-7,19H,1-3H3,(H,16,23)/b14-6-. The summed E-state index contributed by atoms with van der Waals surface area (Å²) in [4.78, 5) is 10.6. The zero-order chi connectivity index (χ0) is 17.1. The predicted molar refractivity (Wildman–Crippen MR) is 85.8 cm³/mol. The molecule has 0 bridgehead atoms. The van der Waals surface area contributed by atoms with Gasteiger partial charge in [0, 0.05) is 5.92 Å². The van der Waals surface area contributed by atoms with Crippen LogP contribution in [-0.4, -0.2) is 38.2 Å². The van der Waals surface area contributed by atoms with Crippen molar-refractivity contribution in [3.05, 3.63) is 38.4 Å². The molecule has 0 unspecified atom stereocenters. The van der Waals surface area contributed by atoms with Crippen molar-refractivity contribution in [1.29, 1.82) is 0 Å². The Labute approximate surface area is 136 Å². The number of rotatable bonds is 5. The second-order valence-corrected chi connectivity index (χ2v) is 5.32. The van der Waals surface area contributed by atoms with E-state index in [1.165, 1.54) is 24.1 Å². The monoisotopic (exact) mass is 337 g/mol. The number of nitro benzene ring substituents is 1. The van der Waals surface area contributed by atoms with Crippen LogP contribution < -0.4 is 4.74 Å². The van der Waals surface area contributed by atoms with E-state index < -0.39 is 4.92 Å². The molecular weight excluding hydrogens is 322 g/mol. The minimum atomic E-state index is -0.582. The maximum atomic E-state index is 11.2. The number of aromatic hydroxyl groups is 1. The molecule has 0 saturated heterocycles. The summed E-state index contributed by atoms with van der Waals surface area (Å²) < 4.78 is 6.52. The maximum Gasteiger partial charge on any atom is 0.282 e.